The van der Waals surface area contributed by atoms with E-state index in [9.17, 15) is 26.3 Å². The standard InChI is InChI=1S/C9H8F6N2.ClH/c1-4-5(3-16)6(8(10,11)12)2-7(17-4)9(13,14)15;/h2H,3,16H2,1H3;1H. The molecule has 0 unspecified atom stereocenters. The van der Waals surface area contributed by atoms with Crippen LogP contribution < -0.4 is 5.73 Å². The summed E-state index contributed by atoms with van der Waals surface area (Å²) in [7, 11) is 0. The van der Waals surface area contributed by atoms with E-state index in [4.69, 9.17) is 5.73 Å². The van der Waals surface area contributed by atoms with Crippen LogP contribution in [0.3, 0.4) is 0 Å². The molecule has 0 radical (unpaired) electrons. The first-order valence-corrected chi connectivity index (χ1v) is 4.42. The molecule has 1 aromatic heterocycles. The van der Waals surface area contributed by atoms with E-state index in [0.29, 0.717) is 0 Å². The van der Waals surface area contributed by atoms with Gasteiger partial charge in [-0.3, -0.25) is 0 Å². The summed E-state index contributed by atoms with van der Waals surface area (Å²) in [5.41, 5.74) is 1.34. The van der Waals surface area contributed by atoms with Gasteiger partial charge in [0.05, 0.1) is 5.56 Å². The van der Waals surface area contributed by atoms with E-state index < -0.39 is 35.7 Å². The third-order valence-corrected chi connectivity index (χ3v) is 2.13. The van der Waals surface area contributed by atoms with Crippen molar-refractivity contribution in [1.82, 2.24) is 4.98 Å². The minimum Gasteiger partial charge on any atom is -0.326 e. The van der Waals surface area contributed by atoms with E-state index in [1.54, 1.807) is 0 Å². The van der Waals surface area contributed by atoms with Gasteiger partial charge in [-0.2, -0.15) is 26.3 Å². The molecule has 0 fully saturated rings. The lowest BCUT2D eigenvalue weighted by Gasteiger charge is -2.16. The Morgan fingerprint density at radius 3 is 1.94 bits per heavy atom. The lowest BCUT2D eigenvalue weighted by Crippen LogP contribution is -2.18. The van der Waals surface area contributed by atoms with Crippen LogP contribution in [-0.4, -0.2) is 4.98 Å². The number of nitrogens with zero attached hydrogens (tertiary/aromatic N) is 1. The van der Waals surface area contributed by atoms with Gasteiger partial charge in [0.2, 0.25) is 0 Å². The third-order valence-electron chi connectivity index (χ3n) is 2.13. The van der Waals surface area contributed by atoms with Crippen molar-refractivity contribution in [2.24, 2.45) is 5.73 Å². The molecule has 0 atom stereocenters. The molecule has 0 spiro atoms. The maximum absolute atomic E-state index is 12.5. The molecule has 0 saturated heterocycles. The number of hydrogen-bond donors (Lipinski definition) is 1. The van der Waals surface area contributed by atoms with Crippen molar-refractivity contribution in [3.05, 3.63) is 28.6 Å². The van der Waals surface area contributed by atoms with Gasteiger partial charge < -0.3 is 5.73 Å². The van der Waals surface area contributed by atoms with Crippen LogP contribution in [0, 0.1) is 6.92 Å². The topological polar surface area (TPSA) is 38.9 Å². The number of hydrogen-bond acceptors (Lipinski definition) is 2. The normalized spacial score (nSPS) is 12.2. The van der Waals surface area contributed by atoms with Gasteiger partial charge in [0.1, 0.15) is 5.69 Å². The highest BCUT2D eigenvalue weighted by atomic mass is 35.5. The molecule has 0 saturated carbocycles. The van der Waals surface area contributed by atoms with E-state index in [-0.39, 0.29) is 24.2 Å². The number of pyridine rings is 1. The quantitative estimate of drug-likeness (QED) is 0.807. The largest absolute Gasteiger partial charge is 0.433 e. The number of aryl methyl sites for hydroxylation is 1. The summed E-state index contributed by atoms with van der Waals surface area (Å²) in [5.74, 6) is 0. The number of nitrogens with two attached hydrogens (primary N) is 1. The summed E-state index contributed by atoms with van der Waals surface area (Å²) in [6.45, 7) is 0.540. The summed E-state index contributed by atoms with van der Waals surface area (Å²) < 4.78 is 74.5. The van der Waals surface area contributed by atoms with Crippen LogP contribution in [0.25, 0.3) is 0 Å². The molecule has 2 N–H and O–H groups in total. The maximum atomic E-state index is 12.5. The predicted octanol–water partition coefficient (Wildman–Crippen LogP) is 3.31. The Bertz CT molecular complexity index is 426. The summed E-state index contributed by atoms with van der Waals surface area (Å²) in [6.07, 6.45) is -9.81. The maximum Gasteiger partial charge on any atom is 0.433 e. The number of halogens is 7. The van der Waals surface area contributed by atoms with Crippen molar-refractivity contribution in [3.8, 4) is 0 Å². The summed E-state index contributed by atoms with van der Waals surface area (Å²) in [4.78, 5) is 3.08. The highest BCUT2D eigenvalue weighted by Crippen LogP contribution is 2.37. The van der Waals surface area contributed by atoms with Crippen molar-refractivity contribution < 1.29 is 26.3 Å². The lowest BCUT2D eigenvalue weighted by atomic mass is 10.0. The summed E-state index contributed by atoms with van der Waals surface area (Å²) >= 11 is 0. The van der Waals surface area contributed by atoms with Crippen LogP contribution in [0.1, 0.15) is 22.5 Å². The second kappa shape index (κ2) is 5.31. The third kappa shape index (κ3) is 3.49. The molecule has 1 rings (SSSR count). The minimum atomic E-state index is -4.92. The molecule has 2 nitrogen and oxygen atoms in total. The minimum absolute atomic E-state index is 0. The van der Waals surface area contributed by atoms with Gasteiger partial charge in [-0.25, -0.2) is 4.98 Å². The lowest BCUT2D eigenvalue weighted by molar-refractivity contribution is -0.146. The van der Waals surface area contributed by atoms with Gasteiger partial charge in [-0.1, -0.05) is 0 Å². The average molecular weight is 295 g/mol. The van der Waals surface area contributed by atoms with E-state index >= 15 is 0 Å². The number of alkyl halides is 6. The smallest absolute Gasteiger partial charge is 0.326 e. The van der Waals surface area contributed by atoms with Crippen molar-refractivity contribution in [2.75, 3.05) is 0 Å². The predicted molar refractivity (Wildman–Crippen MR) is 54.1 cm³/mol. The second-order valence-electron chi connectivity index (χ2n) is 3.32. The van der Waals surface area contributed by atoms with E-state index in [1.165, 1.54) is 0 Å². The van der Waals surface area contributed by atoms with Gasteiger partial charge in [0.15, 0.2) is 0 Å². The Morgan fingerprint density at radius 2 is 1.61 bits per heavy atom. The first-order chi connectivity index (χ1) is 7.57. The molecule has 18 heavy (non-hydrogen) atoms. The fourth-order valence-electron chi connectivity index (χ4n) is 1.35. The van der Waals surface area contributed by atoms with Gasteiger partial charge in [0, 0.05) is 12.2 Å². The van der Waals surface area contributed by atoms with Crippen molar-refractivity contribution in [1.29, 1.82) is 0 Å². The summed E-state index contributed by atoms with van der Waals surface area (Å²) in [5, 5.41) is 0. The van der Waals surface area contributed by atoms with Crippen LogP contribution in [0.15, 0.2) is 6.07 Å². The number of rotatable bonds is 1. The molecule has 1 aromatic rings. The highest BCUT2D eigenvalue weighted by molar-refractivity contribution is 5.85. The zero-order valence-corrected chi connectivity index (χ0v) is 9.80. The molecule has 9 heteroatoms. The summed E-state index contributed by atoms with van der Waals surface area (Å²) in [6, 6.07) is -0.0187. The molecular formula is C9H9ClF6N2. The van der Waals surface area contributed by atoms with E-state index in [2.05, 4.69) is 4.98 Å². The van der Waals surface area contributed by atoms with Gasteiger partial charge in [-0.15, -0.1) is 12.4 Å². The van der Waals surface area contributed by atoms with Crippen molar-refractivity contribution in [3.63, 3.8) is 0 Å². The SMILES string of the molecule is Cc1nc(C(F)(F)F)cc(C(F)(F)F)c1CN.Cl. The zero-order chi connectivity index (χ0) is 13.4. The molecule has 0 amide bonds. The van der Waals surface area contributed by atoms with Gasteiger partial charge >= 0.3 is 12.4 Å². The molecule has 0 bridgehead atoms. The zero-order valence-electron chi connectivity index (χ0n) is 8.99. The molecule has 0 aromatic carbocycles. The Balaban J connectivity index is 0.00000289. The monoisotopic (exact) mass is 294 g/mol. The molecule has 104 valence electrons. The Kier molecular flexibility index (Phi) is 5.01. The highest BCUT2D eigenvalue weighted by Gasteiger charge is 2.39. The first kappa shape index (κ1) is 17.0. The van der Waals surface area contributed by atoms with E-state index in [1.807, 2.05) is 0 Å². The van der Waals surface area contributed by atoms with Gasteiger partial charge in [-0.05, 0) is 18.6 Å². The van der Waals surface area contributed by atoms with Crippen molar-refractivity contribution >= 4 is 12.4 Å². The Hall–Kier alpha value is -1.02. The van der Waals surface area contributed by atoms with Gasteiger partial charge in [0.25, 0.3) is 0 Å². The first-order valence-electron chi connectivity index (χ1n) is 4.42. The number of aromatic nitrogens is 1. The Labute approximate surface area is 105 Å². The van der Waals surface area contributed by atoms with Crippen LogP contribution in [0.5, 0.6) is 0 Å². The average Bonchev–Trinajstić information content (AvgIpc) is 2.13. The molecule has 0 aliphatic rings. The van der Waals surface area contributed by atoms with E-state index in [0.717, 1.165) is 6.92 Å². The van der Waals surface area contributed by atoms with Crippen LogP contribution >= 0.6 is 12.4 Å². The second-order valence-corrected chi connectivity index (χ2v) is 3.32. The van der Waals surface area contributed by atoms with Crippen LogP contribution in [-0.2, 0) is 18.9 Å². The van der Waals surface area contributed by atoms with Crippen molar-refractivity contribution in [2.45, 2.75) is 25.8 Å². The van der Waals surface area contributed by atoms with Crippen LogP contribution in [0.4, 0.5) is 26.3 Å². The van der Waals surface area contributed by atoms with Crippen LogP contribution in [0.2, 0.25) is 0 Å². The molecule has 0 aliphatic heterocycles. The molecule has 1 heterocycles. The fourth-order valence-corrected chi connectivity index (χ4v) is 1.35. The molecular weight excluding hydrogens is 286 g/mol. The Morgan fingerprint density at radius 1 is 1.11 bits per heavy atom. The fraction of sp³-hybridized carbons (Fsp3) is 0.444. The molecule has 0 aliphatic carbocycles.